The summed E-state index contributed by atoms with van der Waals surface area (Å²) in [6, 6.07) is 5.80. The number of aryl methyl sites for hydroxylation is 3. The first-order valence-electron chi connectivity index (χ1n) is 9.42. The second-order valence-corrected chi connectivity index (χ2v) is 9.93. The van der Waals surface area contributed by atoms with Gasteiger partial charge in [-0.25, -0.2) is 8.42 Å². The molecule has 2 aromatic rings. The fourth-order valence-corrected chi connectivity index (χ4v) is 5.43. The van der Waals surface area contributed by atoms with Crippen molar-refractivity contribution in [3.63, 3.8) is 0 Å². The van der Waals surface area contributed by atoms with Crippen molar-refractivity contribution in [3.8, 4) is 0 Å². The van der Waals surface area contributed by atoms with Gasteiger partial charge in [-0.1, -0.05) is 6.07 Å². The summed E-state index contributed by atoms with van der Waals surface area (Å²) in [6.45, 7) is 4.54. The number of amides is 2. The highest BCUT2D eigenvalue weighted by atomic mass is 32.2. The number of aromatic nitrogens is 3. The topological polar surface area (TPSA) is 105 Å². The molecule has 0 bridgehead atoms. The number of rotatable bonds is 4. The molecule has 4 rings (SSSR count). The van der Waals surface area contributed by atoms with Gasteiger partial charge in [-0.2, -0.15) is 0 Å². The van der Waals surface area contributed by atoms with Gasteiger partial charge in [0, 0.05) is 38.8 Å². The normalized spacial score (nSPS) is 20.2. The van der Waals surface area contributed by atoms with Crippen molar-refractivity contribution in [2.45, 2.75) is 30.7 Å². The van der Waals surface area contributed by atoms with Crippen LogP contribution in [0.3, 0.4) is 0 Å². The van der Waals surface area contributed by atoms with Crippen LogP contribution < -0.4 is 4.90 Å². The Morgan fingerprint density at radius 2 is 1.86 bits per heavy atom. The van der Waals surface area contributed by atoms with Crippen molar-refractivity contribution >= 4 is 27.3 Å². The Labute approximate surface area is 169 Å². The van der Waals surface area contributed by atoms with Crippen LogP contribution in [0.4, 0.5) is 5.69 Å². The molecule has 2 amide bonds. The first kappa shape index (κ1) is 19.6. The molecular formula is C19H23N5O4S. The van der Waals surface area contributed by atoms with Crippen LogP contribution in [0.2, 0.25) is 0 Å². The molecule has 0 saturated carbocycles. The van der Waals surface area contributed by atoms with E-state index in [0.29, 0.717) is 6.54 Å². The lowest BCUT2D eigenvalue weighted by Crippen LogP contribution is -2.58. The maximum Gasteiger partial charge on any atom is 0.249 e. The van der Waals surface area contributed by atoms with Crippen LogP contribution in [0.5, 0.6) is 0 Å². The summed E-state index contributed by atoms with van der Waals surface area (Å²) in [7, 11) is -2.07. The number of benzene rings is 1. The lowest BCUT2D eigenvalue weighted by molar-refractivity contribution is -0.138. The van der Waals surface area contributed by atoms with Crippen LogP contribution in [-0.4, -0.2) is 64.8 Å². The van der Waals surface area contributed by atoms with Gasteiger partial charge in [-0.15, -0.1) is 10.2 Å². The van der Waals surface area contributed by atoms with Gasteiger partial charge in [0.15, 0.2) is 0 Å². The Morgan fingerprint density at radius 1 is 1.14 bits per heavy atom. The highest BCUT2D eigenvalue weighted by Gasteiger charge is 2.46. The van der Waals surface area contributed by atoms with Crippen molar-refractivity contribution < 1.29 is 18.0 Å². The van der Waals surface area contributed by atoms with Gasteiger partial charge in [0.25, 0.3) is 0 Å². The van der Waals surface area contributed by atoms with Crippen LogP contribution in [0.1, 0.15) is 17.5 Å². The van der Waals surface area contributed by atoms with E-state index in [1.807, 2.05) is 32.0 Å². The fourth-order valence-electron chi connectivity index (χ4n) is 3.77. The Hall–Kier alpha value is -2.75. The molecule has 154 valence electrons. The maximum absolute atomic E-state index is 12.8. The monoisotopic (exact) mass is 417 g/mol. The van der Waals surface area contributed by atoms with Crippen LogP contribution in [0, 0.1) is 19.8 Å². The number of anilines is 1. The second-order valence-electron chi connectivity index (χ2n) is 7.81. The standard InChI is InChI=1S/C19H23N5O4S/c1-12-4-5-15(6-13(12)2)24-8-14(7-17(24)25)18(26)23-9-16(10-23)29(27,28)19-21-20-11-22(19)3/h4-6,11,14,16H,7-10H2,1-3H3/t14-/m1/s1. The Bertz CT molecular complexity index is 1090. The number of carbonyl (C=O) groups excluding carboxylic acids is 2. The molecule has 29 heavy (non-hydrogen) atoms. The van der Waals surface area contributed by atoms with E-state index in [4.69, 9.17) is 0 Å². The number of nitrogens with zero attached hydrogens (tertiary/aromatic N) is 5. The van der Waals surface area contributed by atoms with Crippen LogP contribution in [0.25, 0.3) is 0 Å². The molecule has 0 aliphatic carbocycles. The third-order valence-corrected chi connectivity index (χ3v) is 7.85. The minimum atomic E-state index is -3.63. The van der Waals surface area contributed by atoms with Crippen molar-refractivity contribution in [2.24, 2.45) is 13.0 Å². The van der Waals surface area contributed by atoms with Gasteiger partial charge in [-0.3, -0.25) is 9.59 Å². The molecule has 0 spiro atoms. The Balaban J connectivity index is 1.41. The van der Waals surface area contributed by atoms with Crippen molar-refractivity contribution in [3.05, 3.63) is 35.7 Å². The summed E-state index contributed by atoms with van der Waals surface area (Å²) in [4.78, 5) is 28.4. The minimum Gasteiger partial charge on any atom is -0.340 e. The van der Waals surface area contributed by atoms with Gasteiger partial charge in [0.2, 0.25) is 26.8 Å². The molecule has 0 radical (unpaired) electrons. The maximum atomic E-state index is 12.8. The Morgan fingerprint density at radius 3 is 2.48 bits per heavy atom. The van der Waals surface area contributed by atoms with E-state index in [-0.39, 0.29) is 36.5 Å². The molecule has 0 N–H and O–H groups in total. The van der Waals surface area contributed by atoms with Crippen LogP contribution in [0.15, 0.2) is 29.7 Å². The van der Waals surface area contributed by atoms with E-state index in [1.165, 1.54) is 15.8 Å². The quantitative estimate of drug-likeness (QED) is 0.716. The number of carbonyl (C=O) groups is 2. The molecule has 1 aromatic carbocycles. The highest BCUT2D eigenvalue weighted by molar-refractivity contribution is 7.92. The first-order valence-corrected chi connectivity index (χ1v) is 11.0. The molecule has 2 saturated heterocycles. The lowest BCUT2D eigenvalue weighted by Gasteiger charge is -2.39. The van der Waals surface area contributed by atoms with Crippen LogP contribution in [-0.2, 0) is 26.5 Å². The van der Waals surface area contributed by atoms with E-state index in [9.17, 15) is 18.0 Å². The van der Waals surface area contributed by atoms with E-state index < -0.39 is 21.0 Å². The third-order valence-electron chi connectivity index (χ3n) is 5.80. The molecule has 10 heteroatoms. The van der Waals surface area contributed by atoms with Crippen molar-refractivity contribution in [1.82, 2.24) is 19.7 Å². The summed E-state index contributed by atoms with van der Waals surface area (Å²) >= 11 is 0. The molecule has 1 atom stereocenters. The summed E-state index contributed by atoms with van der Waals surface area (Å²) in [6.07, 6.45) is 1.48. The summed E-state index contributed by atoms with van der Waals surface area (Å²) in [5.74, 6) is -0.716. The molecule has 9 nitrogen and oxygen atoms in total. The third kappa shape index (κ3) is 3.31. The summed E-state index contributed by atoms with van der Waals surface area (Å²) in [5, 5.41) is 6.50. The predicted octanol–water partition coefficient (Wildman–Crippen LogP) is 0.470. The average Bonchev–Trinajstić information content (AvgIpc) is 3.22. The van der Waals surface area contributed by atoms with E-state index in [1.54, 1.807) is 11.9 Å². The largest absolute Gasteiger partial charge is 0.340 e. The highest BCUT2D eigenvalue weighted by Crippen LogP contribution is 2.30. The zero-order valence-corrected chi connectivity index (χ0v) is 17.4. The molecule has 0 unspecified atom stereocenters. The molecule has 2 fully saturated rings. The Kier molecular flexibility index (Phi) is 4.68. The average molecular weight is 417 g/mol. The van der Waals surface area contributed by atoms with Crippen LogP contribution >= 0.6 is 0 Å². The van der Waals surface area contributed by atoms with E-state index in [0.717, 1.165) is 16.8 Å². The van der Waals surface area contributed by atoms with E-state index >= 15 is 0 Å². The zero-order chi connectivity index (χ0) is 20.9. The lowest BCUT2D eigenvalue weighted by atomic mass is 10.0. The molecule has 2 aliphatic heterocycles. The zero-order valence-electron chi connectivity index (χ0n) is 16.6. The van der Waals surface area contributed by atoms with Gasteiger partial charge in [-0.05, 0) is 37.1 Å². The first-order chi connectivity index (χ1) is 13.7. The molecular weight excluding hydrogens is 394 g/mol. The van der Waals surface area contributed by atoms with E-state index in [2.05, 4.69) is 10.2 Å². The number of sulfone groups is 1. The SMILES string of the molecule is Cc1ccc(N2C[C@H](C(=O)N3CC(S(=O)(=O)c4nncn4C)C3)CC2=O)cc1C. The number of hydrogen-bond acceptors (Lipinski definition) is 6. The summed E-state index contributed by atoms with van der Waals surface area (Å²) in [5.41, 5.74) is 3.02. The van der Waals surface area contributed by atoms with Gasteiger partial charge in [0.1, 0.15) is 11.6 Å². The fraction of sp³-hybridized carbons (Fsp3) is 0.474. The number of likely N-dealkylation sites (tertiary alicyclic amines) is 1. The van der Waals surface area contributed by atoms with Gasteiger partial charge < -0.3 is 14.4 Å². The molecule has 1 aromatic heterocycles. The minimum absolute atomic E-state index is 0.0876. The number of hydrogen-bond donors (Lipinski definition) is 0. The molecule has 3 heterocycles. The van der Waals surface area contributed by atoms with Crippen molar-refractivity contribution in [2.75, 3.05) is 24.5 Å². The smallest absolute Gasteiger partial charge is 0.249 e. The molecule has 2 aliphatic rings. The van der Waals surface area contributed by atoms with Gasteiger partial charge >= 0.3 is 0 Å². The summed E-state index contributed by atoms with van der Waals surface area (Å²) < 4.78 is 26.6. The van der Waals surface area contributed by atoms with Gasteiger partial charge in [0.05, 0.1) is 5.92 Å². The predicted molar refractivity (Wildman–Crippen MR) is 105 cm³/mol. The second kappa shape index (κ2) is 6.94. The van der Waals surface area contributed by atoms with Crippen molar-refractivity contribution in [1.29, 1.82) is 0 Å².